The van der Waals surface area contributed by atoms with E-state index >= 15 is 0 Å². The fourth-order valence-electron chi connectivity index (χ4n) is 3.93. The van der Waals surface area contributed by atoms with E-state index in [9.17, 15) is 22.9 Å². The average molecular weight is 594 g/mol. The van der Waals surface area contributed by atoms with Crippen molar-refractivity contribution >= 4 is 55.2 Å². The van der Waals surface area contributed by atoms with Crippen LogP contribution in [0.2, 0.25) is 0 Å². The number of benzene rings is 4. The zero-order chi connectivity index (χ0) is 30.4. The number of azo groups is 2. The number of carbonyl (C=O) groups excluding carboxylic acids is 1. The first-order chi connectivity index (χ1) is 20.0. The molecule has 4 aromatic carbocycles. The van der Waals surface area contributed by atoms with Gasteiger partial charge in [-0.1, -0.05) is 6.07 Å². The first kappa shape index (κ1) is 30.0. The highest BCUT2D eigenvalue weighted by molar-refractivity contribution is 7.85. The largest absolute Gasteiger partial charge is 0.505 e. The number of phenolic OH excluding ortho intramolecular Hbond substituents is 1. The molecule has 0 fully saturated rings. The third kappa shape index (κ3) is 7.04. The van der Waals surface area contributed by atoms with Crippen molar-refractivity contribution < 1.29 is 37.5 Å². The summed E-state index contributed by atoms with van der Waals surface area (Å²) in [4.78, 5) is 11.3. The van der Waals surface area contributed by atoms with E-state index in [0.29, 0.717) is 34.1 Å². The Balaban J connectivity index is 1.65. The van der Waals surface area contributed by atoms with Gasteiger partial charge in [0.1, 0.15) is 29.5 Å². The lowest BCUT2D eigenvalue weighted by atomic mass is 10.1. The van der Waals surface area contributed by atoms with E-state index in [2.05, 4.69) is 25.8 Å². The Morgan fingerprint density at radius 3 is 2.26 bits per heavy atom. The van der Waals surface area contributed by atoms with Crippen molar-refractivity contribution in [2.75, 3.05) is 25.6 Å². The van der Waals surface area contributed by atoms with Gasteiger partial charge in [-0.05, 0) is 66.4 Å². The molecule has 0 aliphatic rings. The highest BCUT2D eigenvalue weighted by Crippen LogP contribution is 2.42. The number of rotatable bonds is 10. The minimum absolute atomic E-state index is 0.0300. The van der Waals surface area contributed by atoms with Gasteiger partial charge in [-0.2, -0.15) is 18.6 Å². The Labute approximate surface area is 240 Å². The molecule has 0 aromatic heterocycles. The summed E-state index contributed by atoms with van der Waals surface area (Å²) in [5.41, 5.74) is 2.16. The molecule has 0 radical (unpaired) electrons. The smallest absolute Gasteiger partial charge is 0.294 e. The first-order valence-corrected chi connectivity index (χ1v) is 13.8. The summed E-state index contributed by atoms with van der Waals surface area (Å²) in [5, 5.41) is 39.6. The SMILES string of the molecule is COc1cc(N=Nc2ccc(OCCO)cc2)c(C)cc1N=Nc1ccc2cc(S(=O)(=O)O)cc(NC(C)=O)c2c1O. The topological polar surface area (TPSA) is 192 Å². The van der Waals surface area contributed by atoms with E-state index in [1.807, 2.05) is 0 Å². The van der Waals surface area contributed by atoms with Gasteiger partial charge in [-0.3, -0.25) is 9.35 Å². The maximum Gasteiger partial charge on any atom is 0.294 e. The molecule has 4 N–H and O–H groups in total. The lowest BCUT2D eigenvalue weighted by Crippen LogP contribution is -2.08. The van der Waals surface area contributed by atoms with Crippen molar-refractivity contribution in [3.63, 3.8) is 0 Å². The van der Waals surface area contributed by atoms with Gasteiger partial charge in [0.15, 0.2) is 5.75 Å². The Morgan fingerprint density at radius 2 is 1.62 bits per heavy atom. The molecule has 13 nitrogen and oxygen atoms in total. The molecule has 14 heteroatoms. The summed E-state index contributed by atoms with van der Waals surface area (Å²) in [6.45, 7) is 3.14. The normalized spacial score (nSPS) is 11.8. The average Bonchev–Trinajstić information content (AvgIpc) is 2.94. The number of aliphatic hydroxyl groups excluding tert-OH is 1. The van der Waals surface area contributed by atoms with Gasteiger partial charge in [-0.25, -0.2) is 0 Å². The van der Waals surface area contributed by atoms with Crippen LogP contribution in [0.4, 0.5) is 28.4 Å². The number of anilines is 1. The quantitative estimate of drug-likeness (QED) is 0.122. The molecule has 0 spiro atoms. The van der Waals surface area contributed by atoms with Crippen LogP contribution in [0.1, 0.15) is 12.5 Å². The molecule has 1 amide bonds. The third-order valence-electron chi connectivity index (χ3n) is 5.88. The van der Waals surface area contributed by atoms with Crippen LogP contribution in [0.3, 0.4) is 0 Å². The van der Waals surface area contributed by atoms with Gasteiger partial charge < -0.3 is 25.0 Å². The summed E-state index contributed by atoms with van der Waals surface area (Å²) in [6.07, 6.45) is 0. The van der Waals surface area contributed by atoms with Crippen molar-refractivity contribution in [2.24, 2.45) is 20.5 Å². The number of aromatic hydroxyl groups is 1. The van der Waals surface area contributed by atoms with Crippen LogP contribution in [0.25, 0.3) is 10.8 Å². The van der Waals surface area contributed by atoms with E-state index in [1.54, 1.807) is 43.3 Å². The van der Waals surface area contributed by atoms with E-state index < -0.39 is 20.9 Å². The summed E-state index contributed by atoms with van der Waals surface area (Å²) in [5.74, 6) is 0.0535. The third-order valence-corrected chi connectivity index (χ3v) is 6.72. The molecule has 0 bridgehead atoms. The first-order valence-electron chi connectivity index (χ1n) is 12.4. The highest BCUT2D eigenvalue weighted by atomic mass is 32.2. The second-order valence-electron chi connectivity index (χ2n) is 8.94. The number of nitrogens with one attached hydrogen (secondary N) is 1. The molecule has 0 unspecified atom stereocenters. The Bertz CT molecular complexity index is 1810. The molecule has 42 heavy (non-hydrogen) atoms. The standard InChI is InChI=1S/C28H27N5O8S/c1-16-12-24(26(40-3)15-23(16)32-30-19-5-7-20(8-6-19)41-11-10-34)33-31-22-9-4-18-13-21(42(37,38)39)14-25(29-17(2)35)27(18)28(22)36/h4-9,12-15,34,36H,10-11H2,1-3H3,(H,29,35)(H,37,38,39). The summed E-state index contributed by atoms with van der Waals surface area (Å²) in [6, 6.07) is 15.3. The number of methoxy groups -OCH3 is 1. The monoisotopic (exact) mass is 593 g/mol. The molecule has 0 aliphatic heterocycles. The number of aliphatic hydroxyl groups is 1. The Kier molecular flexibility index (Phi) is 9.10. The molecule has 4 aromatic rings. The maximum absolute atomic E-state index is 11.7. The highest BCUT2D eigenvalue weighted by Gasteiger charge is 2.18. The van der Waals surface area contributed by atoms with Crippen molar-refractivity contribution in [1.29, 1.82) is 0 Å². The van der Waals surface area contributed by atoms with Gasteiger partial charge >= 0.3 is 0 Å². The fraction of sp³-hybridized carbons (Fsp3) is 0.179. The number of aryl methyl sites for hydroxylation is 1. The van der Waals surface area contributed by atoms with Gasteiger partial charge in [0.25, 0.3) is 10.1 Å². The number of phenols is 1. The number of carbonyl (C=O) groups is 1. The molecular formula is C28H27N5O8S. The van der Waals surface area contributed by atoms with Crippen LogP contribution >= 0.6 is 0 Å². The van der Waals surface area contributed by atoms with E-state index in [-0.39, 0.29) is 41.1 Å². The van der Waals surface area contributed by atoms with Gasteiger partial charge in [0.2, 0.25) is 5.91 Å². The fourth-order valence-corrected chi connectivity index (χ4v) is 4.47. The minimum atomic E-state index is -4.58. The van der Waals surface area contributed by atoms with Gasteiger partial charge in [0.05, 0.1) is 35.7 Å². The summed E-state index contributed by atoms with van der Waals surface area (Å²) >= 11 is 0. The number of hydrogen-bond donors (Lipinski definition) is 4. The maximum atomic E-state index is 11.7. The van der Waals surface area contributed by atoms with E-state index in [0.717, 1.165) is 12.1 Å². The zero-order valence-electron chi connectivity index (χ0n) is 22.8. The van der Waals surface area contributed by atoms with Crippen molar-refractivity contribution in [1.82, 2.24) is 0 Å². The van der Waals surface area contributed by atoms with Crippen LogP contribution in [0.15, 0.2) is 86.0 Å². The molecule has 0 heterocycles. The van der Waals surface area contributed by atoms with Crippen molar-refractivity contribution in [3.05, 3.63) is 66.2 Å². The van der Waals surface area contributed by atoms with Crippen LogP contribution in [-0.4, -0.2) is 49.4 Å². The minimum Gasteiger partial charge on any atom is -0.505 e. The van der Waals surface area contributed by atoms with E-state index in [4.69, 9.17) is 14.6 Å². The second kappa shape index (κ2) is 12.7. The summed E-state index contributed by atoms with van der Waals surface area (Å²) in [7, 11) is -3.12. The Morgan fingerprint density at radius 1 is 0.929 bits per heavy atom. The number of hydrogen-bond acceptors (Lipinski definition) is 11. The van der Waals surface area contributed by atoms with Crippen molar-refractivity contribution in [3.8, 4) is 17.2 Å². The van der Waals surface area contributed by atoms with Crippen LogP contribution < -0.4 is 14.8 Å². The molecule has 0 atom stereocenters. The number of fused-ring (bicyclic) bond motifs is 1. The predicted molar refractivity (Wildman–Crippen MR) is 155 cm³/mol. The number of amides is 1. The Hall–Kier alpha value is -4.92. The molecule has 4 rings (SSSR count). The molecular weight excluding hydrogens is 566 g/mol. The summed E-state index contributed by atoms with van der Waals surface area (Å²) < 4.78 is 43.7. The van der Waals surface area contributed by atoms with E-state index in [1.165, 1.54) is 26.2 Å². The number of nitrogens with zero attached hydrogens (tertiary/aromatic N) is 4. The number of ether oxygens (including phenoxy) is 2. The zero-order valence-corrected chi connectivity index (χ0v) is 23.6. The van der Waals surface area contributed by atoms with Crippen LogP contribution in [-0.2, 0) is 14.9 Å². The second-order valence-corrected chi connectivity index (χ2v) is 10.4. The lowest BCUT2D eigenvalue weighted by molar-refractivity contribution is -0.114. The van der Waals surface area contributed by atoms with Gasteiger partial charge in [0, 0.05) is 18.4 Å². The molecule has 218 valence electrons. The predicted octanol–water partition coefficient (Wildman–Crippen LogP) is 6.27. The lowest BCUT2D eigenvalue weighted by Gasteiger charge is -2.12. The van der Waals surface area contributed by atoms with Gasteiger partial charge in [-0.15, -0.1) is 10.2 Å². The van der Waals surface area contributed by atoms with Crippen molar-refractivity contribution in [2.45, 2.75) is 18.7 Å². The molecule has 0 aliphatic carbocycles. The van der Waals surface area contributed by atoms with Crippen LogP contribution in [0, 0.1) is 6.92 Å². The van der Waals surface area contributed by atoms with Crippen LogP contribution in [0.5, 0.6) is 17.2 Å². The molecule has 0 saturated heterocycles. The molecule has 0 saturated carbocycles.